The van der Waals surface area contributed by atoms with Crippen LogP contribution in [0.25, 0.3) is 0 Å². The Bertz CT molecular complexity index is 598. The SMILES string of the molecule is C=C(C)[C@H]1OCC[C@H]1C(=O)Nc1cccc2c1OCC[C@H]2O. The predicted octanol–water partition coefficient (Wildman–Crippen LogP) is 2.42. The lowest BCUT2D eigenvalue weighted by atomic mass is 9.95. The van der Waals surface area contributed by atoms with E-state index in [0.717, 1.165) is 11.1 Å². The normalized spacial score (nSPS) is 26.9. The number of fused-ring (bicyclic) bond motifs is 1. The molecule has 1 aromatic carbocycles. The van der Waals surface area contributed by atoms with E-state index in [4.69, 9.17) is 9.47 Å². The molecule has 2 heterocycles. The standard InChI is InChI=1S/C17H21NO4/c1-10(2)15-12(6-8-21-15)17(20)18-13-5-3-4-11-14(19)7-9-22-16(11)13/h3-5,12,14-15,19H,1,6-9H2,2H3,(H,18,20)/t12-,14-,15-/m1/s1. The zero-order chi connectivity index (χ0) is 15.7. The van der Waals surface area contributed by atoms with Gasteiger partial charge in [-0.05, 0) is 19.4 Å². The van der Waals surface area contributed by atoms with Crippen LogP contribution in [-0.2, 0) is 9.53 Å². The molecule has 2 aliphatic rings. The number of benzene rings is 1. The quantitative estimate of drug-likeness (QED) is 0.842. The van der Waals surface area contributed by atoms with E-state index < -0.39 is 6.10 Å². The van der Waals surface area contributed by atoms with E-state index in [0.29, 0.717) is 37.5 Å². The number of hydrogen-bond acceptors (Lipinski definition) is 4. The number of ether oxygens (including phenoxy) is 2. The molecule has 22 heavy (non-hydrogen) atoms. The van der Waals surface area contributed by atoms with Gasteiger partial charge in [0.2, 0.25) is 5.91 Å². The van der Waals surface area contributed by atoms with Crippen molar-refractivity contribution in [3.63, 3.8) is 0 Å². The van der Waals surface area contributed by atoms with Crippen molar-refractivity contribution in [2.45, 2.75) is 32.0 Å². The highest BCUT2D eigenvalue weighted by molar-refractivity contribution is 5.95. The summed E-state index contributed by atoms with van der Waals surface area (Å²) in [4.78, 5) is 12.5. The van der Waals surface area contributed by atoms with Gasteiger partial charge >= 0.3 is 0 Å². The molecule has 0 unspecified atom stereocenters. The molecule has 2 aliphatic heterocycles. The van der Waals surface area contributed by atoms with Gasteiger partial charge in [0.05, 0.1) is 30.4 Å². The molecule has 2 N–H and O–H groups in total. The number of rotatable bonds is 3. The molecular formula is C17H21NO4. The van der Waals surface area contributed by atoms with Gasteiger partial charge in [-0.15, -0.1) is 0 Å². The average molecular weight is 303 g/mol. The molecule has 3 rings (SSSR count). The predicted molar refractivity (Wildman–Crippen MR) is 82.8 cm³/mol. The van der Waals surface area contributed by atoms with Gasteiger partial charge in [-0.1, -0.05) is 24.3 Å². The minimum Gasteiger partial charge on any atom is -0.491 e. The summed E-state index contributed by atoms with van der Waals surface area (Å²) in [5.41, 5.74) is 2.19. The van der Waals surface area contributed by atoms with Crippen LogP contribution in [0.4, 0.5) is 5.69 Å². The lowest BCUT2D eigenvalue weighted by molar-refractivity contribution is -0.120. The summed E-state index contributed by atoms with van der Waals surface area (Å²) in [6, 6.07) is 5.43. The Kier molecular flexibility index (Phi) is 4.18. The van der Waals surface area contributed by atoms with E-state index >= 15 is 0 Å². The summed E-state index contributed by atoms with van der Waals surface area (Å²) in [6.07, 6.45) is 0.477. The molecule has 118 valence electrons. The van der Waals surface area contributed by atoms with Crippen LogP contribution >= 0.6 is 0 Å². The molecule has 0 radical (unpaired) electrons. The summed E-state index contributed by atoms with van der Waals surface area (Å²) in [5, 5.41) is 12.9. The summed E-state index contributed by atoms with van der Waals surface area (Å²) < 4.78 is 11.2. The fourth-order valence-corrected chi connectivity index (χ4v) is 3.07. The molecular weight excluding hydrogens is 282 g/mol. The number of aliphatic hydroxyl groups is 1. The third-order valence-electron chi connectivity index (χ3n) is 4.21. The number of nitrogens with one attached hydrogen (secondary N) is 1. The lowest BCUT2D eigenvalue weighted by Gasteiger charge is -2.25. The lowest BCUT2D eigenvalue weighted by Crippen LogP contribution is -2.30. The molecule has 1 aromatic rings. The van der Waals surface area contributed by atoms with Crippen LogP contribution in [0.5, 0.6) is 5.75 Å². The van der Waals surface area contributed by atoms with E-state index in [1.54, 1.807) is 6.07 Å². The van der Waals surface area contributed by atoms with Gasteiger partial charge in [-0.2, -0.15) is 0 Å². The first-order chi connectivity index (χ1) is 10.6. The highest BCUT2D eigenvalue weighted by Crippen LogP contribution is 2.38. The summed E-state index contributed by atoms with van der Waals surface area (Å²) in [5.74, 6) is 0.241. The fraction of sp³-hybridized carbons (Fsp3) is 0.471. The van der Waals surface area contributed by atoms with Crippen LogP contribution in [0.2, 0.25) is 0 Å². The minimum absolute atomic E-state index is 0.0948. The van der Waals surface area contributed by atoms with E-state index in [2.05, 4.69) is 11.9 Å². The highest BCUT2D eigenvalue weighted by atomic mass is 16.5. The van der Waals surface area contributed by atoms with Gasteiger partial charge in [0.25, 0.3) is 0 Å². The molecule has 1 amide bonds. The topological polar surface area (TPSA) is 67.8 Å². The average Bonchev–Trinajstić information content (AvgIpc) is 2.98. The molecule has 5 nitrogen and oxygen atoms in total. The first kappa shape index (κ1) is 15.1. The van der Waals surface area contributed by atoms with Crippen molar-refractivity contribution >= 4 is 11.6 Å². The Hall–Kier alpha value is -1.85. The van der Waals surface area contributed by atoms with Gasteiger partial charge in [-0.3, -0.25) is 4.79 Å². The maximum atomic E-state index is 12.5. The van der Waals surface area contributed by atoms with Crippen molar-refractivity contribution in [3.05, 3.63) is 35.9 Å². The third-order valence-corrected chi connectivity index (χ3v) is 4.21. The number of aliphatic hydroxyl groups excluding tert-OH is 1. The molecule has 0 bridgehead atoms. The van der Waals surface area contributed by atoms with Crippen LogP contribution < -0.4 is 10.1 Å². The van der Waals surface area contributed by atoms with E-state index in [-0.39, 0.29) is 17.9 Å². The maximum absolute atomic E-state index is 12.5. The van der Waals surface area contributed by atoms with Crippen LogP contribution in [0.3, 0.4) is 0 Å². The Morgan fingerprint density at radius 3 is 2.95 bits per heavy atom. The Morgan fingerprint density at radius 1 is 1.36 bits per heavy atom. The zero-order valence-corrected chi connectivity index (χ0v) is 12.7. The van der Waals surface area contributed by atoms with Crippen LogP contribution in [0.15, 0.2) is 30.4 Å². The maximum Gasteiger partial charge on any atom is 0.230 e. The number of anilines is 1. The van der Waals surface area contributed by atoms with E-state index in [1.807, 2.05) is 19.1 Å². The largest absolute Gasteiger partial charge is 0.491 e. The second-order valence-corrected chi connectivity index (χ2v) is 5.90. The molecule has 0 spiro atoms. The van der Waals surface area contributed by atoms with Crippen molar-refractivity contribution in [2.24, 2.45) is 5.92 Å². The number of para-hydroxylation sites is 1. The number of carbonyl (C=O) groups excluding carboxylic acids is 1. The van der Waals surface area contributed by atoms with Crippen molar-refractivity contribution in [1.82, 2.24) is 0 Å². The Labute approximate surface area is 129 Å². The van der Waals surface area contributed by atoms with Gasteiger partial charge in [0.1, 0.15) is 5.75 Å². The van der Waals surface area contributed by atoms with Crippen molar-refractivity contribution in [2.75, 3.05) is 18.5 Å². The first-order valence-corrected chi connectivity index (χ1v) is 7.59. The molecule has 0 aromatic heterocycles. The van der Waals surface area contributed by atoms with E-state index in [9.17, 15) is 9.90 Å². The highest BCUT2D eigenvalue weighted by Gasteiger charge is 2.35. The zero-order valence-electron chi connectivity index (χ0n) is 12.7. The van der Waals surface area contributed by atoms with Gasteiger partial charge < -0.3 is 19.9 Å². The summed E-state index contributed by atoms with van der Waals surface area (Å²) >= 11 is 0. The number of amides is 1. The first-order valence-electron chi connectivity index (χ1n) is 7.59. The van der Waals surface area contributed by atoms with Crippen LogP contribution in [-0.4, -0.2) is 30.3 Å². The molecule has 5 heteroatoms. The number of carbonyl (C=O) groups is 1. The van der Waals surface area contributed by atoms with Crippen molar-refractivity contribution in [3.8, 4) is 5.75 Å². The van der Waals surface area contributed by atoms with E-state index in [1.165, 1.54) is 0 Å². The molecule has 1 fully saturated rings. The smallest absolute Gasteiger partial charge is 0.230 e. The molecule has 1 saturated heterocycles. The molecule has 3 atom stereocenters. The monoisotopic (exact) mass is 303 g/mol. The second-order valence-electron chi connectivity index (χ2n) is 5.90. The summed E-state index contributed by atoms with van der Waals surface area (Å²) in [7, 11) is 0. The second kappa shape index (κ2) is 6.10. The Balaban J connectivity index is 1.80. The third kappa shape index (κ3) is 2.74. The fourth-order valence-electron chi connectivity index (χ4n) is 3.07. The van der Waals surface area contributed by atoms with Crippen LogP contribution in [0, 0.1) is 5.92 Å². The minimum atomic E-state index is -0.543. The summed E-state index contributed by atoms with van der Waals surface area (Å²) in [6.45, 7) is 6.78. The Morgan fingerprint density at radius 2 is 2.18 bits per heavy atom. The van der Waals surface area contributed by atoms with Crippen molar-refractivity contribution in [1.29, 1.82) is 0 Å². The molecule has 0 saturated carbocycles. The molecule has 0 aliphatic carbocycles. The van der Waals surface area contributed by atoms with Crippen LogP contribution in [0.1, 0.15) is 31.4 Å². The van der Waals surface area contributed by atoms with Crippen molar-refractivity contribution < 1.29 is 19.4 Å². The van der Waals surface area contributed by atoms with Gasteiger partial charge in [-0.25, -0.2) is 0 Å². The van der Waals surface area contributed by atoms with Gasteiger partial charge in [0.15, 0.2) is 0 Å². The van der Waals surface area contributed by atoms with Gasteiger partial charge in [0, 0.05) is 18.6 Å². The number of hydrogen-bond donors (Lipinski definition) is 2.